The summed E-state index contributed by atoms with van der Waals surface area (Å²) in [5.74, 6) is 0. The SMILES string of the molecule is C[Si](C)(C)c1cn(-c2c(Cl)cc(C(F)(F)F)cc2Cl)nn1. The monoisotopic (exact) mass is 353 g/mol. The number of halogens is 5. The highest BCUT2D eigenvalue weighted by molar-refractivity contribution is 6.88. The first-order valence-electron chi connectivity index (χ1n) is 5.99. The summed E-state index contributed by atoms with van der Waals surface area (Å²) in [6, 6.07) is 1.66. The van der Waals surface area contributed by atoms with Gasteiger partial charge in [0, 0.05) is 6.20 Å². The molecule has 0 N–H and O–H groups in total. The zero-order chi connectivity index (χ0) is 16.0. The smallest absolute Gasteiger partial charge is 0.218 e. The Morgan fingerprint density at radius 1 is 1.10 bits per heavy atom. The van der Waals surface area contributed by atoms with Gasteiger partial charge in [-0.15, -0.1) is 5.10 Å². The second-order valence-corrected chi connectivity index (χ2v) is 11.4. The van der Waals surface area contributed by atoms with Gasteiger partial charge in [-0.2, -0.15) is 13.2 Å². The molecule has 0 fully saturated rings. The van der Waals surface area contributed by atoms with Crippen LogP contribution in [-0.4, -0.2) is 23.1 Å². The second kappa shape index (κ2) is 5.30. The van der Waals surface area contributed by atoms with E-state index in [9.17, 15) is 13.2 Å². The van der Waals surface area contributed by atoms with Crippen LogP contribution in [0.25, 0.3) is 5.69 Å². The van der Waals surface area contributed by atoms with E-state index in [0.717, 1.165) is 17.4 Å². The van der Waals surface area contributed by atoms with Crippen LogP contribution in [0.4, 0.5) is 13.2 Å². The van der Waals surface area contributed by atoms with Crippen molar-refractivity contribution < 1.29 is 13.2 Å². The van der Waals surface area contributed by atoms with Gasteiger partial charge in [0.25, 0.3) is 0 Å². The van der Waals surface area contributed by atoms with Crippen molar-refractivity contribution in [3.63, 3.8) is 0 Å². The fourth-order valence-corrected chi connectivity index (χ4v) is 3.18. The summed E-state index contributed by atoms with van der Waals surface area (Å²) in [7, 11) is -1.68. The molecule has 114 valence electrons. The van der Waals surface area contributed by atoms with Crippen LogP contribution in [0.5, 0.6) is 0 Å². The molecule has 3 nitrogen and oxygen atoms in total. The maximum atomic E-state index is 12.7. The summed E-state index contributed by atoms with van der Waals surface area (Å²) < 4.78 is 39.4. The summed E-state index contributed by atoms with van der Waals surface area (Å²) in [5.41, 5.74) is -0.699. The van der Waals surface area contributed by atoms with Crippen molar-refractivity contribution in [1.82, 2.24) is 15.0 Å². The molecule has 0 saturated carbocycles. The zero-order valence-corrected chi connectivity index (χ0v) is 14.0. The molecule has 21 heavy (non-hydrogen) atoms. The number of hydrogen-bond acceptors (Lipinski definition) is 2. The minimum atomic E-state index is -4.50. The number of alkyl halides is 3. The van der Waals surface area contributed by atoms with Gasteiger partial charge in [0.15, 0.2) is 0 Å². The number of hydrogen-bond donors (Lipinski definition) is 0. The Morgan fingerprint density at radius 2 is 1.62 bits per heavy atom. The molecular formula is C12H12Cl2F3N3Si. The average Bonchev–Trinajstić information content (AvgIpc) is 2.75. The maximum Gasteiger partial charge on any atom is 0.416 e. The highest BCUT2D eigenvalue weighted by Gasteiger charge is 2.32. The van der Waals surface area contributed by atoms with E-state index in [0.29, 0.717) is 0 Å². The molecule has 0 saturated heterocycles. The Balaban J connectivity index is 2.53. The van der Waals surface area contributed by atoms with Crippen LogP contribution in [0.15, 0.2) is 18.3 Å². The standard InChI is InChI=1S/C12H12Cl2F3N3Si/c1-21(2,3)10-6-20(19-18-10)11-8(13)4-7(5-9(11)14)12(15,16)17/h4-6H,1-3H3. The molecule has 1 heterocycles. The van der Waals surface area contributed by atoms with Crippen LogP contribution in [0.1, 0.15) is 5.56 Å². The summed E-state index contributed by atoms with van der Waals surface area (Å²) >= 11 is 11.9. The summed E-state index contributed by atoms with van der Waals surface area (Å²) in [6.07, 6.45) is -2.84. The van der Waals surface area contributed by atoms with E-state index < -0.39 is 19.8 Å². The van der Waals surface area contributed by atoms with Gasteiger partial charge in [-0.3, -0.25) is 0 Å². The van der Waals surface area contributed by atoms with Crippen LogP contribution in [0, 0.1) is 0 Å². The Bertz CT molecular complexity index is 654. The third-order valence-corrected chi connectivity index (χ3v) is 5.18. The van der Waals surface area contributed by atoms with Gasteiger partial charge >= 0.3 is 6.18 Å². The maximum absolute atomic E-state index is 12.7. The molecule has 0 aliphatic carbocycles. The van der Waals surface area contributed by atoms with Crippen molar-refractivity contribution in [2.45, 2.75) is 25.8 Å². The minimum absolute atomic E-state index is 0.123. The molecule has 1 aromatic carbocycles. The van der Waals surface area contributed by atoms with Crippen molar-refractivity contribution in [2.75, 3.05) is 0 Å². The lowest BCUT2D eigenvalue weighted by molar-refractivity contribution is -0.137. The Kier molecular flexibility index (Phi) is 4.12. The Hall–Kier alpha value is -1.05. The fourth-order valence-electron chi connectivity index (χ4n) is 1.66. The highest BCUT2D eigenvalue weighted by atomic mass is 35.5. The zero-order valence-electron chi connectivity index (χ0n) is 11.5. The molecule has 0 amide bonds. The van der Waals surface area contributed by atoms with Gasteiger partial charge in [0.05, 0.1) is 20.9 Å². The van der Waals surface area contributed by atoms with Gasteiger partial charge in [-0.1, -0.05) is 48.1 Å². The molecule has 0 aliphatic heterocycles. The van der Waals surface area contributed by atoms with E-state index in [4.69, 9.17) is 23.2 Å². The third kappa shape index (κ3) is 3.41. The quantitative estimate of drug-likeness (QED) is 0.759. The second-order valence-electron chi connectivity index (χ2n) is 5.58. The lowest BCUT2D eigenvalue weighted by Crippen LogP contribution is -2.38. The van der Waals surface area contributed by atoms with Crippen molar-refractivity contribution in [3.05, 3.63) is 33.9 Å². The topological polar surface area (TPSA) is 30.7 Å². The molecule has 1 aromatic heterocycles. The van der Waals surface area contributed by atoms with Crippen LogP contribution in [-0.2, 0) is 6.18 Å². The molecule has 0 atom stereocenters. The van der Waals surface area contributed by atoms with E-state index in [2.05, 4.69) is 30.0 Å². The number of aromatic nitrogens is 3. The number of rotatable bonds is 2. The predicted octanol–water partition coefficient (Wildman–Crippen LogP) is 4.14. The lowest BCUT2D eigenvalue weighted by atomic mass is 10.2. The lowest BCUT2D eigenvalue weighted by Gasteiger charge is -2.12. The normalized spacial score (nSPS) is 12.8. The molecule has 0 bridgehead atoms. The molecule has 0 spiro atoms. The first-order valence-corrected chi connectivity index (χ1v) is 10.2. The molecular weight excluding hydrogens is 342 g/mol. The largest absolute Gasteiger partial charge is 0.416 e. The predicted molar refractivity (Wildman–Crippen MR) is 79.4 cm³/mol. The molecule has 2 aromatic rings. The summed E-state index contributed by atoms with van der Waals surface area (Å²) in [6.45, 7) is 6.24. The van der Waals surface area contributed by atoms with Crippen molar-refractivity contribution in [1.29, 1.82) is 0 Å². The van der Waals surface area contributed by atoms with Crippen LogP contribution >= 0.6 is 23.2 Å². The van der Waals surface area contributed by atoms with Crippen molar-refractivity contribution in [2.24, 2.45) is 0 Å². The molecule has 0 radical (unpaired) electrons. The van der Waals surface area contributed by atoms with E-state index in [1.54, 1.807) is 6.20 Å². The van der Waals surface area contributed by atoms with Crippen LogP contribution in [0.2, 0.25) is 29.7 Å². The number of benzene rings is 1. The van der Waals surface area contributed by atoms with Crippen LogP contribution < -0.4 is 5.32 Å². The van der Waals surface area contributed by atoms with Gasteiger partial charge in [-0.05, 0) is 12.1 Å². The van der Waals surface area contributed by atoms with E-state index in [-0.39, 0.29) is 15.7 Å². The van der Waals surface area contributed by atoms with E-state index >= 15 is 0 Å². The molecule has 9 heteroatoms. The van der Waals surface area contributed by atoms with Gasteiger partial charge in [0.1, 0.15) is 13.8 Å². The number of nitrogens with zero attached hydrogens (tertiary/aromatic N) is 3. The molecule has 2 rings (SSSR count). The van der Waals surface area contributed by atoms with Crippen molar-refractivity contribution >= 4 is 36.6 Å². The fraction of sp³-hybridized carbons (Fsp3) is 0.333. The molecule has 0 unspecified atom stereocenters. The first-order chi connectivity index (χ1) is 9.50. The first kappa shape index (κ1) is 16.3. The van der Waals surface area contributed by atoms with E-state index in [1.807, 2.05) is 0 Å². The minimum Gasteiger partial charge on any atom is -0.218 e. The van der Waals surface area contributed by atoms with Crippen LogP contribution in [0.3, 0.4) is 0 Å². The third-order valence-electron chi connectivity index (χ3n) is 2.84. The molecule has 0 aliphatic rings. The van der Waals surface area contributed by atoms with Gasteiger partial charge in [-0.25, -0.2) is 4.68 Å². The highest BCUT2D eigenvalue weighted by Crippen LogP contribution is 2.37. The summed E-state index contributed by atoms with van der Waals surface area (Å²) in [4.78, 5) is 0. The van der Waals surface area contributed by atoms with Gasteiger partial charge in [0.2, 0.25) is 0 Å². The Labute approximate surface area is 130 Å². The van der Waals surface area contributed by atoms with Gasteiger partial charge < -0.3 is 0 Å². The van der Waals surface area contributed by atoms with Crippen molar-refractivity contribution in [3.8, 4) is 5.69 Å². The Morgan fingerprint density at radius 3 is 2.00 bits per heavy atom. The van der Waals surface area contributed by atoms with E-state index in [1.165, 1.54) is 4.68 Å². The average molecular weight is 354 g/mol. The summed E-state index contributed by atoms with van der Waals surface area (Å²) in [5, 5.41) is 8.54.